The first-order valence-electron chi connectivity index (χ1n) is 14.0. The van der Waals surface area contributed by atoms with Gasteiger partial charge in [0.1, 0.15) is 23.2 Å². The van der Waals surface area contributed by atoms with Crippen LogP contribution in [0.1, 0.15) is 25.5 Å². The lowest BCUT2D eigenvalue weighted by Crippen LogP contribution is -2.48. The van der Waals surface area contributed by atoms with Crippen molar-refractivity contribution in [2.45, 2.75) is 41.3 Å². The second-order valence-corrected chi connectivity index (χ2v) is 12.4. The van der Waals surface area contributed by atoms with Gasteiger partial charge in [-0.1, -0.05) is 24.8 Å². The fourth-order valence-electron chi connectivity index (χ4n) is 4.48. The Morgan fingerprint density at radius 2 is 1.87 bits per heavy atom. The SMILES string of the molecule is CC1(c2csc(Nc3ncc(Sc4ccccn4)cc3Oc3ccc(F)cc3)n2)CCN(C(=O)NCCOC(=O)C(F)(F)F)CC1. The van der Waals surface area contributed by atoms with Crippen molar-refractivity contribution in [3.8, 4) is 11.5 Å². The van der Waals surface area contributed by atoms with Gasteiger partial charge in [-0.2, -0.15) is 13.2 Å². The van der Waals surface area contributed by atoms with Crippen molar-refractivity contribution >= 4 is 46.0 Å². The van der Waals surface area contributed by atoms with Crippen molar-refractivity contribution < 1.29 is 36.6 Å². The molecule has 0 spiro atoms. The van der Waals surface area contributed by atoms with Gasteiger partial charge in [0, 0.05) is 47.2 Å². The number of likely N-dealkylation sites (tertiary alicyclic amines) is 1. The number of nitrogens with one attached hydrogen (secondary N) is 2. The van der Waals surface area contributed by atoms with E-state index >= 15 is 0 Å². The van der Waals surface area contributed by atoms with E-state index in [-0.39, 0.29) is 17.8 Å². The summed E-state index contributed by atoms with van der Waals surface area (Å²) in [5.74, 6) is -1.44. The maximum Gasteiger partial charge on any atom is 0.490 e. The Morgan fingerprint density at radius 1 is 1.11 bits per heavy atom. The molecule has 10 nitrogen and oxygen atoms in total. The van der Waals surface area contributed by atoms with Crippen LogP contribution < -0.4 is 15.4 Å². The van der Waals surface area contributed by atoms with Gasteiger partial charge in [-0.05, 0) is 49.2 Å². The van der Waals surface area contributed by atoms with Crippen LogP contribution in [0.5, 0.6) is 11.5 Å². The number of carbonyl (C=O) groups excluding carboxylic acids is 2. The molecule has 242 valence electrons. The Morgan fingerprint density at radius 3 is 2.57 bits per heavy atom. The van der Waals surface area contributed by atoms with Crippen LogP contribution in [0.15, 0.2) is 76.2 Å². The molecule has 0 unspecified atom stereocenters. The second-order valence-electron chi connectivity index (χ2n) is 10.4. The number of ether oxygens (including phenoxy) is 2. The summed E-state index contributed by atoms with van der Waals surface area (Å²) >= 11 is 2.80. The summed E-state index contributed by atoms with van der Waals surface area (Å²) in [5, 5.41) is 9.01. The molecule has 0 saturated carbocycles. The lowest BCUT2D eigenvalue weighted by Gasteiger charge is -2.38. The first kappa shape index (κ1) is 32.9. The van der Waals surface area contributed by atoms with Gasteiger partial charge >= 0.3 is 18.2 Å². The van der Waals surface area contributed by atoms with Crippen molar-refractivity contribution in [2.24, 2.45) is 0 Å². The fraction of sp³-hybridized carbons (Fsp3) is 0.300. The number of amides is 2. The topological polar surface area (TPSA) is 119 Å². The average molecular weight is 677 g/mol. The zero-order valence-corrected chi connectivity index (χ0v) is 26.0. The molecule has 46 heavy (non-hydrogen) atoms. The van der Waals surface area contributed by atoms with E-state index in [9.17, 15) is 27.2 Å². The number of urea groups is 1. The minimum absolute atomic E-state index is 0.237. The van der Waals surface area contributed by atoms with Crippen molar-refractivity contribution in [1.29, 1.82) is 0 Å². The number of thiazole rings is 1. The molecule has 0 atom stereocenters. The third-order valence-corrected chi connectivity index (χ3v) is 8.74. The van der Waals surface area contributed by atoms with E-state index in [1.807, 2.05) is 29.6 Å². The smallest absolute Gasteiger partial charge is 0.457 e. The molecule has 3 aromatic heterocycles. The number of carbonyl (C=O) groups is 2. The quantitative estimate of drug-likeness (QED) is 0.105. The highest BCUT2D eigenvalue weighted by molar-refractivity contribution is 7.99. The minimum atomic E-state index is -5.08. The maximum absolute atomic E-state index is 13.5. The Hall–Kier alpha value is -4.44. The number of piperidine rings is 1. The van der Waals surface area contributed by atoms with Gasteiger partial charge in [0.25, 0.3) is 0 Å². The van der Waals surface area contributed by atoms with Gasteiger partial charge in [0.05, 0.1) is 12.2 Å². The van der Waals surface area contributed by atoms with Crippen molar-refractivity contribution in [3.63, 3.8) is 0 Å². The Kier molecular flexibility index (Phi) is 10.3. The van der Waals surface area contributed by atoms with Crippen LogP contribution in [-0.2, 0) is 14.9 Å². The Labute approximate surface area is 269 Å². The molecule has 1 aliphatic rings. The van der Waals surface area contributed by atoms with E-state index in [1.165, 1.54) is 47.4 Å². The third kappa shape index (κ3) is 8.63. The van der Waals surface area contributed by atoms with Crippen LogP contribution in [0, 0.1) is 5.82 Å². The van der Waals surface area contributed by atoms with E-state index in [4.69, 9.17) is 9.72 Å². The van der Waals surface area contributed by atoms with Crippen LogP contribution >= 0.6 is 23.1 Å². The molecule has 1 aromatic carbocycles. The monoisotopic (exact) mass is 676 g/mol. The summed E-state index contributed by atoms with van der Waals surface area (Å²) in [6.07, 6.45) is -0.483. The lowest BCUT2D eigenvalue weighted by atomic mass is 9.78. The van der Waals surface area contributed by atoms with Crippen LogP contribution in [0.4, 0.5) is 33.3 Å². The summed E-state index contributed by atoms with van der Waals surface area (Å²) in [4.78, 5) is 39.3. The van der Waals surface area contributed by atoms with Gasteiger partial charge in [0.15, 0.2) is 16.7 Å². The van der Waals surface area contributed by atoms with E-state index in [0.29, 0.717) is 48.4 Å². The number of anilines is 2. The van der Waals surface area contributed by atoms with Gasteiger partial charge < -0.3 is 25.0 Å². The molecule has 2 N–H and O–H groups in total. The van der Waals surface area contributed by atoms with Gasteiger partial charge in [-0.15, -0.1) is 11.3 Å². The molecule has 4 aromatic rings. The number of esters is 1. The highest BCUT2D eigenvalue weighted by atomic mass is 32.2. The van der Waals surface area contributed by atoms with Crippen LogP contribution in [0.3, 0.4) is 0 Å². The Balaban J connectivity index is 1.21. The molecule has 1 saturated heterocycles. The largest absolute Gasteiger partial charge is 0.490 e. The maximum atomic E-state index is 13.5. The fourth-order valence-corrected chi connectivity index (χ4v) is 6.12. The summed E-state index contributed by atoms with van der Waals surface area (Å²) in [6.45, 7) is 2.04. The standard InChI is InChI=1S/C30H28F4N6O4S2/c1-29(9-13-40(14-10-29)28(42)36-12-15-43-26(41)30(32,33)34)23-18-45-27(38-23)39-25-22(44-20-7-5-19(31)6-8-20)16-21(17-37-25)46-24-4-2-3-11-35-24/h2-8,11,16-18H,9-10,12-15H2,1H3,(H,36,42)(H,37,38,39). The molecular weight excluding hydrogens is 648 g/mol. The highest BCUT2D eigenvalue weighted by Gasteiger charge is 2.41. The number of alkyl halides is 3. The predicted molar refractivity (Wildman–Crippen MR) is 163 cm³/mol. The number of benzene rings is 1. The second kappa shape index (κ2) is 14.3. The molecule has 0 bridgehead atoms. The van der Waals surface area contributed by atoms with Crippen molar-refractivity contribution in [1.82, 2.24) is 25.2 Å². The molecule has 1 aliphatic heterocycles. The summed E-state index contributed by atoms with van der Waals surface area (Å²) < 4.78 is 60.4. The van der Waals surface area contributed by atoms with Crippen molar-refractivity contribution in [2.75, 3.05) is 31.6 Å². The molecule has 0 radical (unpaired) electrons. The summed E-state index contributed by atoms with van der Waals surface area (Å²) in [5.41, 5.74) is 0.502. The van der Waals surface area contributed by atoms with Crippen LogP contribution in [0.25, 0.3) is 0 Å². The van der Waals surface area contributed by atoms with E-state index in [2.05, 4.69) is 32.3 Å². The van der Waals surface area contributed by atoms with E-state index < -0.39 is 24.8 Å². The number of rotatable bonds is 10. The molecule has 4 heterocycles. The van der Waals surface area contributed by atoms with E-state index in [0.717, 1.165) is 15.6 Å². The molecule has 16 heteroatoms. The highest BCUT2D eigenvalue weighted by Crippen LogP contribution is 2.39. The van der Waals surface area contributed by atoms with Gasteiger partial charge in [0.2, 0.25) is 0 Å². The van der Waals surface area contributed by atoms with Crippen molar-refractivity contribution in [3.05, 3.63) is 77.8 Å². The predicted octanol–water partition coefficient (Wildman–Crippen LogP) is 6.93. The molecular formula is C30H28F4N6O4S2. The summed E-state index contributed by atoms with van der Waals surface area (Å²) in [7, 11) is 0. The number of halogens is 4. The molecule has 0 aliphatic carbocycles. The van der Waals surface area contributed by atoms with Crippen LogP contribution in [0.2, 0.25) is 0 Å². The molecule has 2 amide bonds. The first-order valence-corrected chi connectivity index (χ1v) is 15.7. The van der Waals surface area contributed by atoms with Gasteiger partial charge in [-0.3, -0.25) is 0 Å². The first-order chi connectivity index (χ1) is 22.0. The van der Waals surface area contributed by atoms with Gasteiger partial charge in [-0.25, -0.2) is 28.9 Å². The number of hydrogen-bond donors (Lipinski definition) is 2. The third-order valence-electron chi connectivity index (χ3n) is 7.07. The minimum Gasteiger partial charge on any atom is -0.457 e. The number of hydrogen-bond acceptors (Lipinski definition) is 10. The van der Waals surface area contributed by atoms with Crippen LogP contribution in [-0.4, -0.2) is 64.3 Å². The number of aromatic nitrogens is 3. The summed E-state index contributed by atoms with van der Waals surface area (Å²) in [6, 6.07) is 12.6. The lowest BCUT2D eigenvalue weighted by molar-refractivity contribution is -0.199. The molecule has 1 fully saturated rings. The zero-order valence-electron chi connectivity index (χ0n) is 24.3. The Bertz CT molecular complexity index is 1650. The average Bonchev–Trinajstić information content (AvgIpc) is 3.51. The molecule has 5 rings (SSSR count). The number of pyridine rings is 2. The normalized spacial score (nSPS) is 14.4. The zero-order chi connectivity index (χ0) is 32.7. The van der Waals surface area contributed by atoms with E-state index in [1.54, 1.807) is 17.3 Å². The number of nitrogens with zero attached hydrogens (tertiary/aromatic N) is 4.